The molecule has 4 heterocycles. The summed E-state index contributed by atoms with van der Waals surface area (Å²) in [6, 6.07) is 7.03. The van der Waals surface area contributed by atoms with Crippen LogP contribution in [-0.2, 0) is 16.1 Å². The van der Waals surface area contributed by atoms with Crippen molar-refractivity contribution in [2.75, 3.05) is 38.2 Å². The van der Waals surface area contributed by atoms with Crippen LogP contribution in [0.4, 0.5) is 19.1 Å². The van der Waals surface area contributed by atoms with Crippen LogP contribution in [0.1, 0.15) is 12.1 Å². The highest BCUT2D eigenvalue weighted by molar-refractivity contribution is 6.36. The number of halogens is 5. The summed E-state index contributed by atoms with van der Waals surface area (Å²) >= 11 is 12.6. The number of hydrogen-bond donors (Lipinski definition) is 4. The summed E-state index contributed by atoms with van der Waals surface area (Å²) in [4.78, 5) is 36.4. The van der Waals surface area contributed by atoms with Gasteiger partial charge in [-0.1, -0.05) is 23.2 Å². The van der Waals surface area contributed by atoms with Gasteiger partial charge in [0.25, 0.3) is 5.54 Å². The minimum Gasteiger partial charge on any atom is -0.475 e. The molecule has 0 bridgehead atoms. The highest BCUT2D eigenvalue weighted by Crippen LogP contribution is 2.31. The lowest BCUT2D eigenvalue weighted by atomic mass is 9.90. The third kappa shape index (κ3) is 8.17. The van der Waals surface area contributed by atoms with Crippen molar-refractivity contribution in [3.8, 4) is 11.3 Å². The van der Waals surface area contributed by atoms with Gasteiger partial charge in [0.15, 0.2) is 6.17 Å². The van der Waals surface area contributed by atoms with Crippen LogP contribution in [0.3, 0.4) is 0 Å². The molecule has 2 unspecified atom stereocenters. The Morgan fingerprint density at radius 2 is 1.93 bits per heavy atom. The number of morpholine rings is 1. The number of nitro groups is 1. The van der Waals surface area contributed by atoms with E-state index in [-0.39, 0.29) is 18.8 Å². The highest BCUT2D eigenvalue weighted by atomic mass is 35.5. The van der Waals surface area contributed by atoms with E-state index in [0.717, 1.165) is 18.8 Å². The van der Waals surface area contributed by atoms with Gasteiger partial charge >= 0.3 is 12.1 Å². The van der Waals surface area contributed by atoms with Crippen LogP contribution in [0, 0.1) is 10.1 Å². The maximum absolute atomic E-state index is 12.0. The minimum atomic E-state index is -5.08. The molecule has 5 rings (SSSR count). The van der Waals surface area contributed by atoms with Gasteiger partial charge in [-0.15, -0.1) is 0 Å². The third-order valence-corrected chi connectivity index (χ3v) is 7.48. The molecule has 2 atom stereocenters. The van der Waals surface area contributed by atoms with Gasteiger partial charge in [-0.05, 0) is 30.4 Å². The lowest BCUT2D eigenvalue weighted by Gasteiger charge is -2.28. The Balaban J connectivity index is 0.000000591. The van der Waals surface area contributed by atoms with E-state index in [1.165, 1.54) is 12.2 Å². The quantitative estimate of drug-likeness (QED) is 0.202. The molecule has 6 N–H and O–H groups in total. The molecule has 14 nitrogen and oxygen atoms in total. The second-order valence-electron chi connectivity index (χ2n) is 10.00. The molecule has 3 aromatic rings. The highest BCUT2D eigenvalue weighted by Gasteiger charge is 2.48. The number of benzene rings is 1. The Kier molecular flexibility index (Phi) is 10.5. The number of carboxylic acid groups (broad SMARTS) is 1. The molecule has 2 aliphatic rings. The molecule has 2 aliphatic heterocycles. The average Bonchev–Trinajstić information content (AvgIpc) is 3.37. The molecule has 2 aromatic heterocycles. The monoisotopic (exact) mass is 673 g/mol. The number of nitrogens with one attached hydrogen (secondary N) is 1. The van der Waals surface area contributed by atoms with Gasteiger partial charge in [-0.2, -0.15) is 13.2 Å². The van der Waals surface area contributed by atoms with Crippen LogP contribution in [0.2, 0.25) is 10.0 Å². The zero-order valence-corrected chi connectivity index (χ0v) is 24.9. The lowest BCUT2D eigenvalue weighted by molar-refractivity contribution is -0.559. The number of hydrogen-bond acceptors (Lipinski definition) is 11. The standard InChI is InChI=1S/C24H27Cl2N9O3.C2HF3O2/c25-15-1-2-17(18(26)11-15)19-12-21-30-16(13-33-7-9-38-10-8-33)14-34(21)23(31-19)29-6-5-24(35(36)37)4-3-20(27)32-22(24)28;3-2(4,5)1(6)7/h1-4,11-12,14,22H,5-10,13,28H2,(H2,27,32)(H,29,31);(H,6,7). The number of anilines is 1. The van der Waals surface area contributed by atoms with Crippen LogP contribution in [0.25, 0.3) is 16.9 Å². The largest absolute Gasteiger partial charge is 0.490 e. The summed E-state index contributed by atoms with van der Waals surface area (Å²) in [6.45, 7) is 3.87. The fourth-order valence-corrected chi connectivity index (χ4v) is 5.08. The molecule has 1 aromatic carbocycles. The summed E-state index contributed by atoms with van der Waals surface area (Å²) < 4.78 is 39.0. The van der Waals surface area contributed by atoms with Crippen molar-refractivity contribution < 1.29 is 32.7 Å². The molecule has 242 valence electrons. The van der Waals surface area contributed by atoms with E-state index in [1.807, 2.05) is 16.7 Å². The van der Waals surface area contributed by atoms with Crippen molar-refractivity contribution in [1.29, 1.82) is 0 Å². The number of alkyl halides is 3. The fraction of sp³-hybridized carbons (Fsp3) is 0.385. The number of imidazole rings is 1. The summed E-state index contributed by atoms with van der Waals surface area (Å²) in [5, 5.41) is 23.3. The average molecular weight is 674 g/mol. The summed E-state index contributed by atoms with van der Waals surface area (Å²) in [5.41, 5.74) is 12.9. The molecule has 0 aliphatic carbocycles. The maximum atomic E-state index is 12.0. The molecule has 19 heteroatoms. The van der Waals surface area contributed by atoms with Crippen molar-refractivity contribution >= 4 is 46.6 Å². The number of nitrogens with zero attached hydrogens (tertiary/aromatic N) is 6. The van der Waals surface area contributed by atoms with Gasteiger partial charge in [-0.25, -0.2) is 19.8 Å². The number of amidine groups is 1. The summed E-state index contributed by atoms with van der Waals surface area (Å²) in [5.74, 6) is -2.14. The Bertz CT molecular complexity index is 1630. The number of ether oxygens (including phenoxy) is 1. The fourth-order valence-electron chi connectivity index (χ4n) is 4.57. The molecule has 0 saturated carbocycles. The Hall–Kier alpha value is -4.03. The number of carboxylic acids is 1. The van der Waals surface area contributed by atoms with E-state index in [2.05, 4.69) is 15.2 Å². The first-order valence-corrected chi connectivity index (χ1v) is 14.1. The van der Waals surface area contributed by atoms with Crippen molar-refractivity contribution in [3.05, 3.63) is 68.5 Å². The van der Waals surface area contributed by atoms with Crippen LogP contribution in [0.15, 0.2) is 47.6 Å². The van der Waals surface area contributed by atoms with Crippen LogP contribution in [-0.4, -0.2) is 91.8 Å². The van der Waals surface area contributed by atoms with Crippen LogP contribution < -0.4 is 16.8 Å². The summed E-state index contributed by atoms with van der Waals surface area (Å²) in [7, 11) is 0. The first-order chi connectivity index (χ1) is 21.2. The Morgan fingerprint density at radius 1 is 1.24 bits per heavy atom. The number of fused-ring (bicyclic) bond motifs is 1. The number of rotatable bonds is 8. The predicted molar refractivity (Wildman–Crippen MR) is 160 cm³/mol. The van der Waals surface area contributed by atoms with Crippen molar-refractivity contribution in [3.63, 3.8) is 0 Å². The normalized spacial score (nSPS) is 20.3. The first kappa shape index (κ1) is 33.9. The molecule has 45 heavy (non-hydrogen) atoms. The zero-order valence-electron chi connectivity index (χ0n) is 23.4. The van der Waals surface area contributed by atoms with Crippen LogP contribution in [0.5, 0.6) is 0 Å². The number of nitrogens with two attached hydrogens (primary N) is 2. The van der Waals surface area contributed by atoms with Gasteiger partial charge in [0, 0.05) is 60.4 Å². The Morgan fingerprint density at radius 3 is 2.53 bits per heavy atom. The topological polar surface area (TPSA) is 200 Å². The predicted octanol–water partition coefficient (Wildman–Crippen LogP) is 3.20. The van der Waals surface area contributed by atoms with Gasteiger partial charge in [0.05, 0.1) is 29.6 Å². The van der Waals surface area contributed by atoms with E-state index >= 15 is 0 Å². The van der Waals surface area contributed by atoms with Crippen LogP contribution >= 0.6 is 23.2 Å². The SMILES string of the molecule is NC1=NC(N)C(CCNc2nc(-c3ccc(Cl)cc3Cl)cc3nc(CN4CCOCC4)cn23)([N+](=O)[O-])C=C1.O=C(O)C(F)(F)F. The summed E-state index contributed by atoms with van der Waals surface area (Å²) in [6.07, 6.45) is -1.40. The first-order valence-electron chi connectivity index (χ1n) is 13.3. The second-order valence-corrected chi connectivity index (χ2v) is 10.8. The Labute approximate surface area is 263 Å². The molecule has 0 radical (unpaired) electrons. The molecule has 1 saturated heterocycles. The number of aromatic nitrogens is 3. The zero-order chi connectivity index (χ0) is 32.9. The third-order valence-electron chi connectivity index (χ3n) is 6.93. The van der Waals surface area contributed by atoms with Gasteiger partial charge in [-0.3, -0.25) is 19.4 Å². The van der Waals surface area contributed by atoms with Gasteiger partial charge < -0.3 is 26.6 Å². The second kappa shape index (κ2) is 13.9. The minimum absolute atomic E-state index is 0.0544. The van der Waals surface area contributed by atoms with E-state index in [4.69, 9.17) is 59.3 Å². The molecular weight excluding hydrogens is 646 g/mol. The van der Waals surface area contributed by atoms with E-state index in [9.17, 15) is 23.3 Å². The molecule has 1 fully saturated rings. The van der Waals surface area contributed by atoms with Crippen molar-refractivity contribution in [2.24, 2.45) is 16.5 Å². The van der Waals surface area contributed by atoms with Gasteiger partial charge in [0.1, 0.15) is 11.5 Å². The van der Waals surface area contributed by atoms with Gasteiger partial charge in [0.2, 0.25) is 5.95 Å². The number of aliphatic imine (C=N–C) groups is 1. The number of carbonyl (C=O) groups is 1. The van der Waals surface area contributed by atoms with E-state index in [0.29, 0.717) is 52.7 Å². The van der Waals surface area contributed by atoms with E-state index < -0.39 is 28.8 Å². The molecule has 0 spiro atoms. The molecular formula is C26H28Cl2F3N9O5. The van der Waals surface area contributed by atoms with Crippen molar-refractivity contribution in [1.82, 2.24) is 19.3 Å². The lowest BCUT2D eigenvalue weighted by Crippen LogP contribution is -2.54. The number of dihydropyridines is 1. The van der Waals surface area contributed by atoms with E-state index in [1.54, 1.807) is 18.2 Å². The smallest absolute Gasteiger partial charge is 0.475 e. The van der Waals surface area contributed by atoms with Crippen molar-refractivity contribution in [2.45, 2.75) is 30.8 Å². The molecule has 0 amide bonds. The maximum Gasteiger partial charge on any atom is 0.490 e. The number of aliphatic carboxylic acids is 1.